The van der Waals surface area contributed by atoms with Crippen molar-refractivity contribution in [3.63, 3.8) is 0 Å². The third-order valence-corrected chi connectivity index (χ3v) is 2.46. The standard InChI is InChI=1S/C3H4ClNOS2/c4-1-2(6)5-3(7)8-1/h1-2,6H,(H,5,7). The van der Waals surface area contributed by atoms with E-state index in [0.29, 0.717) is 4.32 Å². The fraction of sp³-hybridized carbons (Fsp3) is 0.667. The molecule has 1 aliphatic heterocycles. The summed E-state index contributed by atoms with van der Waals surface area (Å²) in [5.41, 5.74) is 0. The zero-order valence-electron chi connectivity index (χ0n) is 3.80. The lowest BCUT2D eigenvalue weighted by Gasteiger charge is -2.01. The Kier molecular flexibility index (Phi) is 1.97. The fourth-order valence-corrected chi connectivity index (χ4v) is 1.90. The molecular weight excluding hydrogens is 166 g/mol. The molecule has 0 aromatic rings. The predicted molar refractivity (Wildman–Crippen MR) is 39.0 cm³/mol. The number of hydrogen-bond donors (Lipinski definition) is 2. The first-order valence-corrected chi connectivity index (χ1v) is 3.72. The van der Waals surface area contributed by atoms with Gasteiger partial charge in [-0.15, -0.1) is 11.6 Å². The summed E-state index contributed by atoms with van der Waals surface area (Å²) in [4.78, 5) is 0. The number of hydrogen-bond acceptors (Lipinski definition) is 3. The Hall–Kier alpha value is 0.490. The van der Waals surface area contributed by atoms with E-state index in [1.54, 1.807) is 0 Å². The number of thioether (sulfide) groups is 1. The molecule has 0 spiro atoms. The average Bonchev–Trinajstić information content (AvgIpc) is 1.85. The molecule has 0 radical (unpaired) electrons. The maximum Gasteiger partial charge on any atom is 0.151 e. The van der Waals surface area contributed by atoms with Gasteiger partial charge in [0.2, 0.25) is 0 Å². The maximum atomic E-state index is 8.82. The van der Waals surface area contributed by atoms with Crippen LogP contribution in [0, 0.1) is 0 Å². The van der Waals surface area contributed by atoms with Crippen LogP contribution in [0.4, 0.5) is 0 Å². The number of nitrogens with one attached hydrogen (secondary N) is 1. The molecule has 2 N–H and O–H groups in total. The molecule has 5 heteroatoms. The summed E-state index contributed by atoms with van der Waals surface area (Å²) in [6.07, 6.45) is -0.672. The Bertz CT molecular complexity index is 108. The summed E-state index contributed by atoms with van der Waals surface area (Å²) >= 11 is 11.5. The predicted octanol–water partition coefficient (Wildman–Crippen LogP) is 0.491. The van der Waals surface area contributed by atoms with E-state index in [4.69, 9.17) is 16.7 Å². The lowest BCUT2D eigenvalue weighted by Crippen LogP contribution is -2.27. The monoisotopic (exact) mass is 169 g/mol. The third kappa shape index (κ3) is 1.25. The molecule has 0 aromatic heterocycles. The zero-order chi connectivity index (χ0) is 6.15. The molecule has 0 bridgehead atoms. The van der Waals surface area contributed by atoms with Gasteiger partial charge in [0.15, 0.2) is 6.23 Å². The van der Waals surface area contributed by atoms with Crippen LogP contribution in [-0.2, 0) is 0 Å². The molecule has 2 unspecified atom stereocenters. The van der Waals surface area contributed by atoms with Crippen LogP contribution >= 0.6 is 35.6 Å². The topological polar surface area (TPSA) is 32.3 Å². The van der Waals surface area contributed by atoms with E-state index in [9.17, 15) is 0 Å². The van der Waals surface area contributed by atoms with Crippen molar-refractivity contribution >= 4 is 39.9 Å². The Morgan fingerprint density at radius 1 is 1.88 bits per heavy atom. The summed E-state index contributed by atoms with van der Waals surface area (Å²) in [7, 11) is 0. The molecule has 0 amide bonds. The van der Waals surface area contributed by atoms with Crippen LogP contribution in [0.1, 0.15) is 0 Å². The first-order chi connectivity index (χ1) is 3.70. The minimum Gasteiger partial charge on any atom is -0.371 e. The van der Waals surface area contributed by atoms with Crippen molar-refractivity contribution in [3.05, 3.63) is 0 Å². The van der Waals surface area contributed by atoms with Crippen LogP contribution in [0.25, 0.3) is 0 Å². The summed E-state index contributed by atoms with van der Waals surface area (Å²) in [6, 6.07) is 0. The van der Waals surface area contributed by atoms with Gasteiger partial charge in [-0.3, -0.25) is 0 Å². The highest BCUT2D eigenvalue weighted by Crippen LogP contribution is 2.24. The van der Waals surface area contributed by atoms with Crippen LogP contribution in [-0.4, -0.2) is 20.4 Å². The second-order valence-corrected chi connectivity index (χ2v) is 3.89. The fourth-order valence-electron chi connectivity index (χ4n) is 0.387. The van der Waals surface area contributed by atoms with Crippen molar-refractivity contribution in [2.45, 2.75) is 10.9 Å². The molecule has 0 aromatic carbocycles. The molecule has 0 aliphatic carbocycles. The molecule has 2 nitrogen and oxygen atoms in total. The summed E-state index contributed by atoms with van der Waals surface area (Å²) in [5, 5.41) is 11.4. The van der Waals surface area contributed by atoms with Gasteiger partial charge in [0.05, 0.1) is 0 Å². The largest absolute Gasteiger partial charge is 0.371 e. The van der Waals surface area contributed by atoms with E-state index in [2.05, 4.69) is 17.5 Å². The smallest absolute Gasteiger partial charge is 0.151 e. The van der Waals surface area contributed by atoms with Crippen molar-refractivity contribution in [1.29, 1.82) is 0 Å². The Morgan fingerprint density at radius 3 is 2.62 bits per heavy atom. The average molecular weight is 170 g/mol. The Morgan fingerprint density at radius 2 is 2.50 bits per heavy atom. The van der Waals surface area contributed by atoms with Gasteiger partial charge in [0.1, 0.15) is 9.03 Å². The number of aliphatic hydroxyl groups excluding tert-OH is 1. The van der Waals surface area contributed by atoms with Crippen molar-refractivity contribution in [3.8, 4) is 0 Å². The molecule has 1 fully saturated rings. The minimum absolute atomic E-state index is 0.317. The molecule has 1 rings (SSSR count). The van der Waals surface area contributed by atoms with E-state index >= 15 is 0 Å². The van der Waals surface area contributed by atoms with E-state index in [1.807, 2.05) is 0 Å². The molecular formula is C3H4ClNOS2. The second-order valence-electron chi connectivity index (χ2n) is 1.35. The van der Waals surface area contributed by atoms with Crippen molar-refractivity contribution in [1.82, 2.24) is 5.32 Å². The SMILES string of the molecule is OC1NC(=S)SC1Cl. The van der Waals surface area contributed by atoms with E-state index in [-0.39, 0.29) is 4.71 Å². The quantitative estimate of drug-likeness (QED) is 0.409. The van der Waals surface area contributed by atoms with Crippen molar-refractivity contribution < 1.29 is 5.11 Å². The molecule has 46 valence electrons. The second kappa shape index (κ2) is 2.39. The van der Waals surface area contributed by atoms with Crippen molar-refractivity contribution in [2.75, 3.05) is 0 Å². The lowest BCUT2D eigenvalue weighted by molar-refractivity contribution is 0.181. The van der Waals surface area contributed by atoms with Crippen LogP contribution in [0.5, 0.6) is 0 Å². The normalized spacial score (nSPS) is 37.5. The summed E-state index contributed by atoms with van der Waals surface area (Å²) in [5.74, 6) is 0. The number of rotatable bonds is 0. The van der Waals surface area contributed by atoms with Gasteiger partial charge in [0.25, 0.3) is 0 Å². The van der Waals surface area contributed by atoms with Gasteiger partial charge in [-0.2, -0.15) is 0 Å². The van der Waals surface area contributed by atoms with Crippen LogP contribution in [0.2, 0.25) is 0 Å². The highest BCUT2D eigenvalue weighted by Gasteiger charge is 2.26. The molecule has 1 saturated heterocycles. The first kappa shape index (κ1) is 6.61. The molecule has 1 aliphatic rings. The summed E-state index contributed by atoms with van der Waals surface area (Å²) < 4.78 is 0.250. The van der Waals surface area contributed by atoms with Crippen molar-refractivity contribution in [2.24, 2.45) is 0 Å². The number of aliphatic hydroxyl groups is 1. The van der Waals surface area contributed by atoms with E-state index in [0.717, 1.165) is 0 Å². The van der Waals surface area contributed by atoms with Gasteiger partial charge < -0.3 is 10.4 Å². The Balaban J connectivity index is 2.51. The lowest BCUT2D eigenvalue weighted by atomic mass is 10.7. The third-order valence-electron chi connectivity index (χ3n) is 0.734. The molecule has 0 saturated carbocycles. The number of alkyl halides is 1. The molecule has 1 heterocycles. The first-order valence-electron chi connectivity index (χ1n) is 1.99. The van der Waals surface area contributed by atoms with Gasteiger partial charge >= 0.3 is 0 Å². The van der Waals surface area contributed by atoms with Gasteiger partial charge in [-0.05, 0) is 0 Å². The highest BCUT2D eigenvalue weighted by atomic mass is 35.5. The van der Waals surface area contributed by atoms with Crippen LogP contribution < -0.4 is 5.32 Å². The van der Waals surface area contributed by atoms with Crippen LogP contribution in [0.15, 0.2) is 0 Å². The van der Waals surface area contributed by atoms with Gasteiger partial charge in [-0.25, -0.2) is 0 Å². The molecule has 8 heavy (non-hydrogen) atoms. The molecule has 2 atom stereocenters. The summed E-state index contributed by atoms with van der Waals surface area (Å²) in [6.45, 7) is 0. The Labute approximate surface area is 61.6 Å². The zero-order valence-corrected chi connectivity index (χ0v) is 6.19. The minimum atomic E-state index is -0.672. The van der Waals surface area contributed by atoms with E-state index in [1.165, 1.54) is 11.8 Å². The number of thiocarbonyl (C=S) groups is 1. The van der Waals surface area contributed by atoms with E-state index < -0.39 is 6.23 Å². The highest BCUT2D eigenvalue weighted by molar-refractivity contribution is 8.24. The van der Waals surface area contributed by atoms with Gasteiger partial charge in [-0.1, -0.05) is 24.0 Å². The van der Waals surface area contributed by atoms with Gasteiger partial charge in [0, 0.05) is 0 Å². The number of halogens is 1. The maximum absolute atomic E-state index is 8.82. The van der Waals surface area contributed by atoms with Crippen LogP contribution in [0.3, 0.4) is 0 Å².